The average Bonchev–Trinajstić information content (AvgIpc) is 3.36. The van der Waals surface area contributed by atoms with E-state index in [4.69, 9.17) is 16.3 Å². The molecule has 0 bridgehead atoms. The molecule has 4 rings (SSSR count). The van der Waals surface area contributed by atoms with E-state index in [2.05, 4.69) is 0 Å². The summed E-state index contributed by atoms with van der Waals surface area (Å²) >= 11 is 7.82. The van der Waals surface area contributed by atoms with Crippen molar-refractivity contribution in [3.63, 3.8) is 0 Å². The molecule has 3 aromatic rings. The second kappa shape index (κ2) is 8.34. The highest BCUT2D eigenvalue weighted by molar-refractivity contribution is 7.09. The number of ketones is 1. The Labute approximate surface area is 182 Å². The molecule has 1 unspecified atom stereocenters. The van der Waals surface area contributed by atoms with Crippen molar-refractivity contribution in [2.75, 3.05) is 7.11 Å². The molecule has 7 heteroatoms. The molecule has 2 heterocycles. The molecule has 0 aliphatic carbocycles. The van der Waals surface area contributed by atoms with Crippen LogP contribution in [-0.2, 0) is 16.1 Å². The fourth-order valence-corrected chi connectivity index (χ4v) is 4.53. The molecule has 2 aromatic carbocycles. The Balaban J connectivity index is 1.88. The van der Waals surface area contributed by atoms with Crippen LogP contribution in [0.1, 0.15) is 22.0 Å². The third-order valence-corrected chi connectivity index (χ3v) is 6.14. The number of rotatable bonds is 5. The van der Waals surface area contributed by atoms with Gasteiger partial charge >= 0.3 is 0 Å². The van der Waals surface area contributed by atoms with Gasteiger partial charge in [0.2, 0.25) is 0 Å². The van der Waals surface area contributed by atoms with Gasteiger partial charge in [-0.3, -0.25) is 9.59 Å². The minimum absolute atomic E-state index is 0.0454. The number of hydrogen-bond donors (Lipinski definition) is 1. The van der Waals surface area contributed by atoms with Crippen LogP contribution in [0.25, 0.3) is 5.76 Å². The highest BCUT2D eigenvalue weighted by Crippen LogP contribution is 2.42. The van der Waals surface area contributed by atoms with Crippen molar-refractivity contribution in [1.82, 2.24) is 4.90 Å². The van der Waals surface area contributed by atoms with Crippen molar-refractivity contribution in [2.45, 2.75) is 12.6 Å². The van der Waals surface area contributed by atoms with Crippen molar-refractivity contribution >= 4 is 40.4 Å². The number of amides is 1. The van der Waals surface area contributed by atoms with Crippen LogP contribution < -0.4 is 4.74 Å². The van der Waals surface area contributed by atoms with Crippen molar-refractivity contribution in [2.24, 2.45) is 0 Å². The second-order valence-electron chi connectivity index (χ2n) is 6.77. The van der Waals surface area contributed by atoms with E-state index in [1.165, 1.54) is 23.3 Å². The Morgan fingerprint density at radius 2 is 1.90 bits per heavy atom. The number of hydrogen-bond acceptors (Lipinski definition) is 5. The average molecular weight is 440 g/mol. The van der Waals surface area contributed by atoms with E-state index in [9.17, 15) is 14.7 Å². The number of likely N-dealkylation sites (tertiary alicyclic amines) is 1. The molecule has 1 fully saturated rings. The summed E-state index contributed by atoms with van der Waals surface area (Å²) in [5.74, 6) is -1.10. The first-order valence-electron chi connectivity index (χ1n) is 9.21. The zero-order chi connectivity index (χ0) is 21.3. The van der Waals surface area contributed by atoms with E-state index in [-0.39, 0.29) is 17.9 Å². The Bertz CT molecular complexity index is 1130. The van der Waals surface area contributed by atoms with E-state index in [0.717, 1.165) is 4.88 Å². The molecule has 1 aliphatic rings. The van der Waals surface area contributed by atoms with Gasteiger partial charge < -0.3 is 14.7 Å². The normalized spacial score (nSPS) is 18.1. The summed E-state index contributed by atoms with van der Waals surface area (Å²) in [6, 6.07) is 16.8. The van der Waals surface area contributed by atoms with Crippen LogP contribution in [0.2, 0.25) is 5.02 Å². The standard InChI is InChI=1S/C23H18ClNO4S/c1-29-18-10-9-15(12-17(18)24)20-19(21(26)14-6-3-2-4-7-14)22(27)23(28)25(20)13-16-8-5-11-30-16/h2-12,20,26H,13H2,1H3/b21-19+. The van der Waals surface area contributed by atoms with Gasteiger partial charge in [0, 0.05) is 10.4 Å². The third kappa shape index (κ3) is 3.60. The van der Waals surface area contributed by atoms with E-state index in [1.54, 1.807) is 42.5 Å². The van der Waals surface area contributed by atoms with E-state index in [0.29, 0.717) is 21.9 Å². The number of Topliss-reactive ketones (excluding diaryl/α,β-unsaturated/α-hetero) is 1. The number of ether oxygens (including phenoxy) is 1. The fraction of sp³-hybridized carbons (Fsp3) is 0.130. The fourth-order valence-electron chi connectivity index (χ4n) is 3.56. The zero-order valence-corrected chi connectivity index (χ0v) is 17.6. The Hall–Kier alpha value is -3.09. The Morgan fingerprint density at radius 1 is 1.13 bits per heavy atom. The number of aliphatic hydroxyl groups is 1. The predicted molar refractivity (Wildman–Crippen MR) is 117 cm³/mol. The third-order valence-electron chi connectivity index (χ3n) is 4.99. The van der Waals surface area contributed by atoms with Crippen LogP contribution in [0.4, 0.5) is 0 Å². The zero-order valence-electron chi connectivity index (χ0n) is 16.0. The molecule has 0 radical (unpaired) electrons. The predicted octanol–water partition coefficient (Wildman–Crippen LogP) is 5.03. The lowest BCUT2D eigenvalue weighted by Gasteiger charge is -2.25. The Morgan fingerprint density at radius 3 is 2.53 bits per heavy atom. The lowest BCUT2D eigenvalue weighted by atomic mass is 9.95. The van der Waals surface area contributed by atoms with Gasteiger partial charge in [0.1, 0.15) is 11.5 Å². The van der Waals surface area contributed by atoms with Crippen molar-refractivity contribution in [3.05, 3.63) is 92.6 Å². The molecule has 1 N–H and O–H groups in total. The largest absolute Gasteiger partial charge is 0.507 e. The number of nitrogens with zero attached hydrogens (tertiary/aromatic N) is 1. The minimum Gasteiger partial charge on any atom is -0.507 e. The number of benzene rings is 2. The molecular formula is C23H18ClNO4S. The number of halogens is 1. The monoisotopic (exact) mass is 439 g/mol. The minimum atomic E-state index is -0.768. The number of methoxy groups -OCH3 is 1. The molecule has 152 valence electrons. The number of thiophene rings is 1. The van der Waals surface area contributed by atoms with Crippen LogP contribution in [0.5, 0.6) is 5.75 Å². The van der Waals surface area contributed by atoms with Gasteiger partial charge in [-0.15, -0.1) is 11.3 Å². The molecule has 0 spiro atoms. The summed E-state index contributed by atoms with van der Waals surface area (Å²) in [6.07, 6.45) is 0. The molecule has 1 amide bonds. The van der Waals surface area contributed by atoms with Crippen LogP contribution >= 0.6 is 22.9 Å². The lowest BCUT2D eigenvalue weighted by molar-refractivity contribution is -0.140. The van der Waals surface area contributed by atoms with Gasteiger partial charge in [-0.25, -0.2) is 0 Å². The van der Waals surface area contributed by atoms with Crippen molar-refractivity contribution in [3.8, 4) is 5.75 Å². The maximum atomic E-state index is 13.0. The molecule has 1 aliphatic heterocycles. The van der Waals surface area contributed by atoms with E-state index in [1.807, 2.05) is 23.6 Å². The van der Waals surface area contributed by atoms with Crippen LogP contribution in [0.3, 0.4) is 0 Å². The summed E-state index contributed by atoms with van der Waals surface area (Å²) in [4.78, 5) is 28.3. The summed E-state index contributed by atoms with van der Waals surface area (Å²) in [6.45, 7) is 0.252. The molecular weight excluding hydrogens is 422 g/mol. The summed E-state index contributed by atoms with van der Waals surface area (Å²) in [5, 5.41) is 13.2. The van der Waals surface area contributed by atoms with E-state index < -0.39 is 17.7 Å². The first-order chi connectivity index (χ1) is 14.5. The van der Waals surface area contributed by atoms with Crippen LogP contribution in [0, 0.1) is 0 Å². The smallest absolute Gasteiger partial charge is 0.295 e. The van der Waals surface area contributed by atoms with Gasteiger partial charge in [0.05, 0.1) is 30.3 Å². The summed E-state index contributed by atoms with van der Waals surface area (Å²) in [7, 11) is 1.51. The van der Waals surface area contributed by atoms with Crippen molar-refractivity contribution < 1.29 is 19.4 Å². The molecule has 0 saturated carbocycles. The highest BCUT2D eigenvalue weighted by Gasteiger charge is 2.46. The van der Waals surface area contributed by atoms with Gasteiger partial charge in [-0.05, 0) is 29.1 Å². The molecule has 30 heavy (non-hydrogen) atoms. The maximum Gasteiger partial charge on any atom is 0.295 e. The highest BCUT2D eigenvalue weighted by atomic mass is 35.5. The quantitative estimate of drug-likeness (QED) is 0.344. The van der Waals surface area contributed by atoms with Gasteiger partial charge in [0.25, 0.3) is 11.7 Å². The van der Waals surface area contributed by atoms with Gasteiger partial charge in [-0.2, -0.15) is 0 Å². The molecule has 1 saturated heterocycles. The van der Waals surface area contributed by atoms with E-state index >= 15 is 0 Å². The second-order valence-corrected chi connectivity index (χ2v) is 8.21. The molecule has 1 aromatic heterocycles. The first-order valence-corrected chi connectivity index (χ1v) is 10.5. The summed E-state index contributed by atoms with van der Waals surface area (Å²) in [5.41, 5.74) is 1.13. The topological polar surface area (TPSA) is 66.8 Å². The van der Waals surface area contributed by atoms with Crippen LogP contribution in [0.15, 0.2) is 71.6 Å². The molecule has 5 nitrogen and oxygen atoms in total. The SMILES string of the molecule is COc1ccc(C2/C(=C(\O)c3ccccc3)C(=O)C(=O)N2Cc2cccs2)cc1Cl. The first kappa shape index (κ1) is 20.2. The maximum absolute atomic E-state index is 13.0. The molecule has 1 atom stereocenters. The number of carbonyl (C=O) groups excluding carboxylic acids is 2. The van der Waals surface area contributed by atoms with Gasteiger partial charge in [0.15, 0.2) is 0 Å². The number of carbonyl (C=O) groups is 2. The van der Waals surface area contributed by atoms with Crippen LogP contribution in [-0.4, -0.2) is 28.8 Å². The number of aliphatic hydroxyl groups excluding tert-OH is 1. The van der Waals surface area contributed by atoms with Gasteiger partial charge in [-0.1, -0.05) is 54.1 Å². The Kier molecular flexibility index (Phi) is 5.61. The summed E-state index contributed by atoms with van der Waals surface area (Å²) < 4.78 is 5.22. The lowest BCUT2D eigenvalue weighted by Crippen LogP contribution is -2.28. The van der Waals surface area contributed by atoms with Crippen molar-refractivity contribution in [1.29, 1.82) is 0 Å².